The van der Waals surface area contributed by atoms with Gasteiger partial charge in [-0.25, -0.2) is 0 Å². The second-order valence-corrected chi connectivity index (χ2v) is 1.77. The minimum Gasteiger partial charge on any atom is -0.339 e. The Hall–Kier alpha value is -0.240. The summed E-state index contributed by atoms with van der Waals surface area (Å²) in [7, 11) is 0. The zero-order valence-electron chi connectivity index (χ0n) is 3.07. The van der Waals surface area contributed by atoms with E-state index >= 15 is 0 Å². The van der Waals surface area contributed by atoms with E-state index in [9.17, 15) is 4.79 Å². The van der Waals surface area contributed by atoms with Crippen molar-refractivity contribution >= 4 is 17.5 Å². The summed E-state index contributed by atoms with van der Waals surface area (Å²) in [4.78, 5) is 9.91. The lowest BCUT2D eigenvalue weighted by molar-refractivity contribution is -0.126. The summed E-state index contributed by atoms with van der Waals surface area (Å²) in [6, 6.07) is 0. The summed E-state index contributed by atoms with van der Waals surface area (Å²) >= 11 is 5.31. The molecule has 34 valence electrons. The Kier molecular flexibility index (Phi) is 0.733. The third-order valence-electron chi connectivity index (χ3n) is 0.682. The van der Waals surface area contributed by atoms with Crippen LogP contribution in [0.5, 0.6) is 0 Å². The summed E-state index contributed by atoms with van der Waals surface area (Å²) < 4.78 is 0. The van der Waals surface area contributed by atoms with Gasteiger partial charge in [0, 0.05) is 0 Å². The Labute approximate surface area is 40.5 Å². The monoisotopic (exact) mass is 105 g/mol. The molecular formula is C3H4ClNO. The molecule has 1 atom stereocenters. The maximum Gasteiger partial charge on any atom is 0.224 e. The number of carbonyl (C=O) groups is 1. The quantitative estimate of drug-likeness (QED) is 0.264. The van der Waals surface area contributed by atoms with Crippen LogP contribution in [0.1, 0.15) is 6.42 Å². The van der Waals surface area contributed by atoms with E-state index in [1.165, 1.54) is 0 Å². The van der Waals surface area contributed by atoms with Crippen molar-refractivity contribution in [2.45, 2.75) is 11.9 Å². The number of alkyl halides is 1. The summed E-state index contributed by atoms with van der Waals surface area (Å²) in [6.07, 6.45) is 0.488. The molecule has 1 N–H and O–H groups in total. The molecule has 0 aromatic rings. The van der Waals surface area contributed by atoms with Gasteiger partial charge in [0.2, 0.25) is 5.91 Å². The van der Waals surface area contributed by atoms with Gasteiger partial charge in [0.25, 0.3) is 0 Å². The molecule has 0 unspecified atom stereocenters. The molecule has 0 saturated carbocycles. The maximum atomic E-state index is 9.91. The van der Waals surface area contributed by atoms with E-state index in [0.717, 1.165) is 0 Å². The van der Waals surface area contributed by atoms with Crippen molar-refractivity contribution in [2.24, 2.45) is 0 Å². The van der Waals surface area contributed by atoms with Crippen molar-refractivity contribution in [2.75, 3.05) is 0 Å². The van der Waals surface area contributed by atoms with Crippen LogP contribution in [-0.2, 0) is 4.79 Å². The van der Waals surface area contributed by atoms with Gasteiger partial charge in [0.15, 0.2) is 0 Å². The Morgan fingerprint density at radius 2 is 2.50 bits per heavy atom. The van der Waals surface area contributed by atoms with Crippen molar-refractivity contribution in [3.05, 3.63) is 0 Å². The first-order valence-corrected chi connectivity index (χ1v) is 2.16. The van der Waals surface area contributed by atoms with Gasteiger partial charge in [-0.15, -0.1) is 0 Å². The number of carbonyl (C=O) groups excluding carboxylic acids is 1. The molecule has 0 aromatic heterocycles. The summed E-state index contributed by atoms with van der Waals surface area (Å²) in [5.41, 5.74) is -0.0856. The van der Waals surface area contributed by atoms with E-state index < -0.39 is 0 Å². The number of rotatable bonds is 0. The van der Waals surface area contributed by atoms with Crippen LogP contribution in [0.2, 0.25) is 0 Å². The molecule has 0 aliphatic carbocycles. The molecule has 1 fully saturated rings. The maximum absolute atomic E-state index is 9.91. The van der Waals surface area contributed by atoms with Crippen LogP contribution in [0, 0.1) is 0 Å². The molecule has 0 aromatic carbocycles. The van der Waals surface area contributed by atoms with Crippen molar-refractivity contribution in [1.82, 2.24) is 5.32 Å². The van der Waals surface area contributed by atoms with E-state index in [0.29, 0.717) is 6.42 Å². The molecule has 1 heterocycles. The Bertz CT molecular complexity index is 74.9. The fourth-order valence-corrected chi connectivity index (χ4v) is 0.578. The molecule has 0 spiro atoms. The molecule has 1 rings (SSSR count). The van der Waals surface area contributed by atoms with Crippen LogP contribution in [-0.4, -0.2) is 11.4 Å². The molecule has 1 amide bonds. The van der Waals surface area contributed by atoms with Crippen LogP contribution in [0.4, 0.5) is 0 Å². The van der Waals surface area contributed by atoms with Gasteiger partial charge in [-0.2, -0.15) is 0 Å². The van der Waals surface area contributed by atoms with E-state index in [4.69, 9.17) is 11.6 Å². The van der Waals surface area contributed by atoms with Crippen LogP contribution in [0.3, 0.4) is 0 Å². The van der Waals surface area contributed by atoms with Crippen LogP contribution >= 0.6 is 11.6 Å². The number of hydrogen-bond donors (Lipinski definition) is 1. The van der Waals surface area contributed by atoms with Crippen LogP contribution < -0.4 is 5.32 Å². The van der Waals surface area contributed by atoms with Gasteiger partial charge in [-0.05, 0) is 0 Å². The lowest BCUT2D eigenvalue weighted by Gasteiger charge is -2.19. The number of hydrogen-bond acceptors (Lipinski definition) is 1. The molecule has 1 aliphatic heterocycles. The second kappa shape index (κ2) is 1.12. The fourth-order valence-electron chi connectivity index (χ4n) is 0.316. The Morgan fingerprint density at radius 3 is 2.50 bits per heavy atom. The average Bonchev–Trinajstić information content (AvgIpc) is 1.33. The number of halogens is 1. The van der Waals surface area contributed by atoms with E-state index in [1.807, 2.05) is 0 Å². The third-order valence-corrected chi connectivity index (χ3v) is 0.946. The summed E-state index contributed by atoms with van der Waals surface area (Å²) in [5, 5.41) is 2.43. The van der Waals surface area contributed by atoms with Gasteiger partial charge in [0.05, 0.1) is 6.42 Å². The van der Waals surface area contributed by atoms with Crippen molar-refractivity contribution in [1.29, 1.82) is 0 Å². The van der Waals surface area contributed by atoms with Gasteiger partial charge in [-0.3, -0.25) is 4.79 Å². The zero-order valence-corrected chi connectivity index (χ0v) is 3.83. The highest BCUT2D eigenvalue weighted by molar-refractivity contribution is 6.24. The van der Waals surface area contributed by atoms with E-state index in [1.54, 1.807) is 0 Å². The lowest BCUT2D eigenvalue weighted by atomic mass is 10.3. The fraction of sp³-hybridized carbons (Fsp3) is 0.667. The first-order valence-electron chi connectivity index (χ1n) is 1.72. The van der Waals surface area contributed by atoms with Gasteiger partial charge in [0.1, 0.15) is 5.50 Å². The van der Waals surface area contributed by atoms with Gasteiger partial charge in [-0.1, -0.05) is 11.6 Å². The largest absolute Gasteiger partial charge is 0.339 e. The highest BCUT2D eigenvalue weighted by atomic mass is 35.5. The lowest BCUT2D eigenvalue weighted by Crippen LogP contribution is -2.44. The number of nitrogens with one attached hydrogen (secondary N) is 1. The topological polar surface area (TPSA) is 29.1 Å². The molecular weight excluding hydrogens is 101 g/mol. The molecule has 6 heavy (non-hydrogen) atoms. The molecule has 2 nitrogen and oxygen atoms in total. The summed E-state index contributed by atoms with van der Waals surface area (Å²) in [6.45, 7) is 0. The third kappa shape index (κ3) is 0.476. The van der Waals surface area contributed by atoms with Crippen molar-refractivity contribution in [3.8, 4) is 0 Å². The standard InChI is InChI=1S/C3H4ClNO/c4-2-1-3(6)5-2/h2H,1H2,(H,5,6)/t2-/m1/s1. The van der Waals surface area contributed by atoms with E-state index in [2.05, 4.69) is 5.32 Å². The molecule has 1 saturated heterocycles. The molecule has 0 radical (unpaired) electrons. The normalized spacial score (nSPS) is 31.5. The summed E-state index contributed by atoms with van der Waals surface area (Å²) in [5.74, 6) is 0.0509. The predicted octanol–water partition coefficient (Wildman–Crippen LogP) is 0.0712. The Balaban J connectivity index is 2.28. The first-order chi connectivity index (χ1) is 2.79. The average molecular weight is 106 g/mol. The SMILES string of the molecule is O=C1C[C@H](Cl)N1. The highest BCUT2D eigenvalue weighted by Gasteiger charge is 2.21. The highest BCUT2D eigenvalue weighted by Crippen LogP contribution is 2.06. The van der Waals surface area contributed by atoms with E-state index in [-0.39, 0.29) is 11.4 Å². The first kappa shape index (κ1) is 3.93. The second-order valence-electron chi connectivity index (χ2n) is 1.24. The van der Waals surface area contributed by atoms with Crippen molar-refractivity contribution in [3.63, 3.8) is 0 Å². The van der Waals surface area contributed by atoms with Gasteiger partial charge >= 0.3 is 0 Å². The Morgan fingerprint density at radius 1 is 2.00 bits per heavy atom. The van der Waals surface area contributed by atoms with Crippen LogP contribution in [0.25, 0.3) is 0 Å². The zero-order chi connectivity index (χ0) is 4.57. The number of β-lactam (4-membered cyclic amide) rings is 1. The molecule has 3 heteroatoms. The van der Waals surface area contributed by atoms with Crippen LogP contribution in [0.15, 0.2) is 0 Å². The smallest absolute Gasteiger partial charge is 0.224 e. The number of amides is 1. The van der Waals surface area contributed by atoms with Gasteiger partial charge < -0.3 is 5.32 Å². The molecule has 1 aliphatic rings. The minimum absolute atomic E-state index is 0.0509. The minimum atomic E-state index is -0.0856. The van der Waals surface area contributed by atoms with Crippen molar-refractivity contribution < 1.29 is 4.79 Å². The predicted molar refractivity (Wildman–Crippen MR) is 22.4 cm³/mol. The molecule has 0 bridgehead atoms.